The smallest absolute Gasteiger partial charge is 0.406 e. The molecule has 2 nitrogen and oxygen atoms in total. The van der Waals surface area contributed by atoms with Crippen molar-refractivity contribution in [3.05, 3.63) is 23.8 Å². The molecule has 0 atom stereocenters. The maximum atomic E-state index is 12.0. The number of hydrogen-bond donors (Lipinski definition) is 0. The Morgan fingerprint density at radius 2 is 1.73 bits per heavy atom. The summed E-state index contributed by atoms with van der Waals surface area (Å²) in [5, 5.41) is 0. The van der Waals surface area contributed by atoms with Gasteiger partial charge in [0.2, 0.25) is 0 Å². The van der Waals surface area contributed by atoms with E-state index in [0.717, 1.165) is 5.56 Å². The lowest BCUT2D eigenvalue weighted by molar-refractivity contribution is -0.274. The van der Waals surface area contributed by atoms with Crippen LogP contribution < -0.4 is 9.64 Å². The molecular formula is C10H12F3NO. The second-order valence-electron chi connectivity index (χ2n) is 3.45. The predicted octanol–water partition coefficient (Wildman–Crippen LogP) is 2.96. The first-order valence-electron chi connectivity index (χ1n) is 4.33. The van der Waals surface area contributed by atoms with Crippen LogP contribution >= 0.6 is 0 Å². The minimum Gasteiger partial charge on any atom is -0.406 e. The van der Waals surface area contributed by atoms with Crippen molar-refractivity contribution >= 4 is 5.69 Å². The van der Waals surface area contributed by atoms with Gasteiger partial charge in [-0.1, -0.05) is 0 Å². The Morgan fingerprint density at radius 1 is 1.13 bits per heavy atom. The minimum absolute atomic E-state index is 0.189. The largest absolute Gasteiger partial charge is 0.573 e. The van der Waals surface area contributed by atoms with Gasteiger partial charge >= 0.3 is 6.36 Å². The summed E-state index contributed by atoms with van der Waals surface area (Å²) in [5.74, 6) is -0.189. The molecule has 84 valence electrons. The number of alkyl halides is 3. The maximum Gasteiger partial charge on any atom is 0.573 e. The van der Waals surface area contributed by atoms with E-state index >= 15 is 0 Å². The lowest BCUT2D eigenvalue weighted by Gasteiger charge is -2.16. The molecule has 0 aliphatic rings. The average Bonchev–Trinajstić information content (AvgIpc) is 1.99. The lowest BCUT2D eigenvalue weighted by Crippen LogP contribution is -2.17. The van der Waals surface area contributed by atoms with E-state index in [2.05, 4.69) is 4.74 Å². The van der Waals surface area contributed by atoms with Gasteiger partial charge in [0.15, 0.2) is 0 Å². The molecule has 0 radical (unpaired) electrons. The number of anilines is 1. The number of benzene rings is 1. The highest BCUT2D eigenvalue weighted by molar-refractivity contribution is 5.52. The minimum atomic E-state index is -4.64. The fraction of sp³-hybridized carbons (Fsp3) is 0.400. The summed E-state index contributed by atoms with van der Waals surface area (Å²) >= 11 is 0. The second kappa shape index (κ2) is 4.00. The summed E-state index contributed by atoms with van der Waals surface area (Å²) < 4.78 is 39.8. The monoisotopic (exact) mass is 219 g/mol. The van der Waals surface area contributed by atoms with Crippen molar-refractivity contribution in [1.29, 1.82) is 0 Å². The maximum absolute atomic E-state index is 12.0. The first-order valence-corrected chi connectivity index (χ1v) is 4.33. The first-order chi connectivity index (χ1) is 6.78. The molecular weight excluding hydrogens is 207 g/mol. The van der Waals surface area contributed by atoms with E-state index in [4.69, 9.17) is 0 Å². The molecule has 5 heteroatoms. The van der Waals surface area contributed by atoms with Gasteiger partial charge in [-0.2, -0.15) is 0 Å². The summed E-state index contributed by atoms with van der Waals surface area (Å²) in [6.07, 6.45) is -4.64. The number of hydrogen-bond acceptors (Lipinski definition) is 2. The number of rotatable bonds is 2. The molecule has 0 fully saturated rings. The molecule has 0 aliphatic heterocycles. The van der Waals surface area contributed by atoms with E-state index in [-0.39, 0.29) is 5.75 Å². The Balaban J connectivity index is 2.99. The van der Waals surface area contributed by atoms with Crippen LogP contribution in [-0.2, 0) is 0 Å². The number of halogens is 3. The third-order valence-corrected chi connectivity index (χ3v) is 1.79. The van der Waals surface area contributed by atoms with Crippen molar-refractivity contribution in [2.45, 2.75) is 13.3 Å². The molecule has 0 N–H and O–H groups in total. The first kappa shape index (κ1) is 11.7. The molecule has 0 aliphatic carbocycles. The zero-order valence-electron chi connectivity index (χ0n) is 8.72. The van der Waals surface area contributed by atoms with Crippen LogP contribution in [0.1, 0.15) is 5.56 Å². The van der Waals surface area contributed by atoms with Crippen LogP contribution in [0.2, 0.25) is 0 Å². The van der Waals surface area contributed by atoms with Crippen molar-refractivity contribution in [1.82, 2.24) is 0 Å². The summed E-state index contributed by atoms with van der Waals surface area (Å²) in [6.45, 7) is 1.72. The normalized spacial score (nSPS) is 11.3. The second-order valence-corrected chi connectivity index (χ2v) is 3.45. The van der Waals surface area contributed by atoms with Gasteiger partial charge in [0, 0.05) is 25.8 Å². The third kappa shape index (κ3) is 3.69. The van der Waals surface area contributed by atoms with Crippen LogP contribution in [-0.4, -0.2) is 20.5 Å². The van der Waals surface area contributed by atoms with Crippen LogP contribution in [0.3, 0.4) is 0 Å². The number of aryl methyl sites for hydroxylation is 1. The van der Waals surface area contributed by atoms with Crippen molar-refractivity contribution in [2.75, 3.05) is 19.0 Å². The highest BCUT2D eigenvalue weighted by Gasteiger charge is 2.31. The van der Waals surface area contributed by atoms with Crippen molar-refractivity contribution in [2.24, 2.45) is 0 Å². The van der Waals surface area contributed by atoms with E-state index in [1.54, 1.807) is 32.0 Å². The molecule has 1 aromatic rings. The molecule has 1 rings (SSSR count). The molecule has 0 heterocycles. The molecule has 0 bridgehead atoms. The van der Waals surface area contributed by atoms with Gasteiger partial charge in [-0.3, -0.25) is 0 Å². The SMILES string of the molecule is Cc1cc(OC(F)(F)F)cc(N(C)C)c1. The highest BCUT2D eigenvalue weighted by atomic mass is 19.4. The summed E-state index contributed by atoms with van der Waals surface area (Å²) in [7, 11) is 3.51. The summed E-state index contributed by atoms with van der Waals surface area (Å²) in [5.41, 5.74) is 1.40. The van der Waals surface area contributed by atoms with E-state index < -0.39 is 6.36 Å². The highest BCUT2D eigenvalue weighted by Crippen LogP contribution is 2.27. The van der Waals surface area contributed by atoms with Crippen LogP contribution in [0, 0.1) is 6.92 Å². The van der Waals surface area contributed by atoms with Crippen LogP contribution in [0.15, 0.2) is 18.2 Å². The van der Waals surface area contributed by atoms with Crippen LogP contribution in [0.5, 0.6) is 5.75 Å². The van der Waals surface area contributed by atoms with Gasteiger partial charge < -0.3 is 9.64 Å². The Bertz CT molecular complexity index is 347. The molecule has 0 amide bonds. The molecule has 1 aromatic carbocycles. The van der Waals surface area contributed by atoms with E-state index in [0.29, 0.717) is 5.69 Å². The fourth-order valence-electron chi connectivity index (χ4n) is 1.18. The lowest BCUT2D eigenvalue weighted by atomic mass is 10.2. The topological polar surface area (TPSA) is 12.5 Å². The van der Waals surface area contributed by atoms with Gasteiger partial charge in [0.05, 0.1) is 0 Å². The summed E-state index contributed by atoms with van der Waals surface area (Å²) in [4.78, 5) is 1.72. The fourth-order valence-corrected chi connectivity index (χ4v) is 1.18. The van der Waals surface area contributed by atoms with E-state index in [1.807, 2.05) is 0 Å². The molecule has 0 saturated carbocycles. The van der Waals surface area contributed by atoms with E-state index in [1.165, 1.54) is 12.1 Å². The van der Waals surface area contributed by atoms with E-state index in [9.17, 15) is 13.2 Å². The van der Waals surface area contributed by atoms with Gasteiger partial charge in [0.25, 0.3) is 0 Å². The Hall–Kier alpha value is -1.39. The molecule has 0 spiro atoms. The zero-order valence-corrected chi connectivity index (χ0v) is 8.72. The average molecular weight is 219 g/mol. The van der Waals surface area contributed by atoms with Crippen LogP contribution in [0.25, 0.3) is 0 Å². The Kier molecular flexibility index (Phi) is 3.12. The quantitative estimate of drug-likeness (QED) is 0.758. The zero-order chi connectivity index (χ0) is 11.6. The van der Waals surface area contributed by atoms with Gasteiger partial charge in [-0.15, -0.1) is 13.2 Å². The van der Waals surface area contributed by atoms with Gasteiger partial charge in [-0.05, 0) is 24.6 Å². The van der Waals surface area contributed by atoms with Crippen molar-refractivity contribution in [3.63, 3.8) is 0 Å². The standard InChI is InChI=1S/C10H12F3NO/c1-7-4-8(14(2)3)6-9(5-7)15-10(11,12)13/h4-6H,1-3H3. The van der Waals surface area contributed by atoms with Crippen LogP contribution in [0.4, 0.5) is 18.9 Å². The predicted molar refractivity (Wildman–Crippen MR) is 52.2 cm³/mol. The van der Waals surface area contributed by atoms with Gasteiger partial charge in [0.1, 0.15) is 5.75 Å². The number of nitrogens with zero attached hydrogens (tertiary/aromatic N) is 1. The molecule has 15 heavy (non-hydrogen) atoms. The molecule has 0 aromatic heterocycles. The summed E-state index contributed by atoms with van der Waals surface area (Å²) in [6, 6.07) is 4.48. The third-order valence-electron chi connectivity index (χ3n) is 1.79. The molecule has 0 saturated heterocycles. The molecule has 0 unspecified atom stereocenters. The van der Waals surface area contributed by atoms with Crippen molar-refractivity contribution < 1.29 is 17.9 Å². The Labute approximate surface area is 86.3 Å². The Morgan fingerprint density at radius 3 is 2.20 bits per heavy atom. The van der Waals surface area contributed by atoms with Crippen molar-refractivity contribution in [3.8, 4) is 5.75 Å². The number of ether oxygens (including phenoxy) is 1. The van der Waals surface area contributed by atoms with Gasteiger partial charge in [-0.25, -0.2) is 0 Å².